The molecule has 5 nitrogen and oxygen atoms in total. The highest BCUT2D eigenvalue weighted by Crippen LogP contribution is 2.29. The molecule has 4 rings (SSSR count). The van der Waals surface area contributed by atoms with Crippen molar-refractivity contribution < 1.29 is 4.74 Å². The molecule has 0 aromatic carbocycles. The largest absolute Gasteiger partial charge is 0.377 e. The minimum Gasteiger partial charge on any atom is -0.377 e. The molecule has 0 unspecified atom stereocenters. The van der Waals surface area contributed by atoms with Crippen LogP contribution in [0.5, 0.6) is 0 Å². The Morgan fingerprint density at radius 2 is 1.91 bits per heavy atom. The molecule has 0 radical (unpaired) electrons. The zero-order chi connectivity index (χ0) is 15.5. The molecule has 0 spiro atoms. The van der Waals surface area contributed by atoms with Crippen molar-refractivity contribution in [1.82, 2.24) is 20.1 Å². The Kier molecular flexibility index (Phi) is 4.39. The van der Waals surface area contributed by atoms with E-state index in [0.29, 0.717) is 12.0 Å². The Labute approximate surface area is 137 Å². The Bertz CT molecular complexity index is 615. The molecular weight excluding hydrogens is 288 g/mol. The quantitative estimate of drug-likeness (QED) is 0.891. The minimum absolute atomic E-state index is 0.573. The lowest BCUT2D eigenvalue weighted by Gasteiger charge is -2.31. The van der Waals surface area contributed by atoms with Gasteiger partial charge in [0.25, 0.3) is 0 Å². The molecule has 23 heavy (non-hydrogen) atoms. The number of H-pyrrole nitrogens is 1. The summed E-state index contributed by atoms with van der Waals surface area (Å²) in [6, 6.07) is 6.21. The van der Waals surface area contributed by atoms with E-state index in [1.54, 1.807) is 0 Å². The first-order valence-electron chi connectivity index (χ1n) is 8.68. The van der Waals surface area contributed by atoms with Crippen LogP contribution in [-0.4, -0.2) is 52.4 Å². The molecule has 3 heterocycles. The van der Waals surface area contributed by atoms with Crippen LogP contribution in [0.1, 0.15) is 37.3 Å². The maximum absolute atomic E-state index is 5.76. The van der Waals surface area contributed by atoms with Crippen molar-refractivity contribution in [1.29, 1.82) is 0 Å². The minimum atomic E-state index is 0.573. The fraction of sp³-hybridized carbons (Fsp3) is 0.556. The Balaban J connectivity index is 1.29. The van der Waals surface area contributed by atoms with E-state index in [2.05, 4.69) is 26.1 Å². The Morgan fingerprint density at radius 3 is 2.65 bits per heavy atom. The van der Waals surface area contributed by atoms with Crippen molar-refractivity contribution in [3.63, 3.8) is 0 Å². The summed E-state index contributed by atoms with van der Waals surface area (Å²) in [6.07, 6.45) is 9.12. The highest BCUT2D eigenvalue weighted by molar-refractivity contribution is 5.58. The Hall–Kier alpha value is -1.72. The number of nitrogens with zero attached hydrogens (tertiary/aromatic N) is 3. The number of aromatic nitrogens is 3. The van der Waals surface area contributed by atoms with Crippen molar-refractivity contribution in [2.45, 2.75) is 37.7 Å². The standard InChI is InChI=1S/C18H24N4O/c1-2-16(1)23-12-11-22-9-5-15(6-10-22)18-13-17(20-21-18)14-3-7-19-8-4-14/h3-4,7-8,13,15-16H,1-2,5-6,9-12H2,(H,20,21). The normalized spacial score (nSPS) is 20.0. The van der Waals surface area contributed by atoms with Gasteiger partial charge in [-0.05, 0) is 57.0 Å². The lowest BCUT2D eigenvalue weighted by Crippen LogP contribution is -2.35. The average molecular weight is 312 g/mol. The van der Waals surface area contributed by atoms with E-state index < -0.39 is 0 Å². The SMILES string of the molecule is c1cc(-c2cc(C3CCN(CCOC4CC4)CC3)[nH]n2)ccn1. The Morgan fingerprint density at radius 1 is 1.13 bits per heavy atom. The van der Waals surface area contributed by atoms with Crippen LogP contribution in [0.2, 0.25) is 0 Å². The van der Waals surface area contributed by atoms with Crippen LogP contribution in [0.3, 0.4) is 0 Å². The lowest BCUT2D eigenvalue weighted by molar-refractivity contribution is 0.0831. The van der Waals surface area contributed by atoms with E-state index in [1.165, 1.54) is 31.4 Å². The predicted octanol–water partition coefficient (Wildman–Crippen LogP) is 2.83. The molecular formula is C18H24N4O. The van der Waals surface area contributed by atoms with E-state index in [1.807, 2.05) is 24.5 Å². The zero-order valence-electron chi connectivity index (χ0n) is 13.4. The summed E-state index contributed by atoms with van der Waals surface area (Å²) in [5, 5.41) is 7.71. The number of hydrogen-bond acceptors (Lipinski definition) is 4. The van der Waals surface area contributed by atoms with Crippen LogP contribution in [0.25, 0.3) is 11.3 Å². The zero-order valence-corrected chi connectivity index (χ0v) is 13.4. The van der Waals surface area contributed by atoms with Crippen molar-refractivity contribution in [3.05, 3.63) is 36.3 Å². The molecule has 2 aliphatic rings. The van der Waals surface area contributed by atoms with E-state index in [-0.39, 0.29) is 0 Å². The summed E-state index contributed by atoms with van der Waals surface area (Å²) in [5.41, 5.74) is 3.41. The highest BCUT2D eigenvalue weighted by atomic mass is 16.5. The summed E-state index contributed by atoms with van der Waals surface area (Å²) in [4.78, 5) is 6.59. The van der Waals surface area contributed by atoms with Crippen LogP contribution in [-0.2, 0) is 4.74 Å². The van der Waals surface area contributed by atoms with E-state index in [4.69, 9.17) is 4.74 Å². The van der Waals surface area contributed by atoms with Crippen LogP contribution in [0.15, 0.2) is 30.6 Å². The van der Waals surface area contributed by atoms with Gasteiger partial charge in [-0.2, -0.15) is 5.10 Å². The van der Waals surface area contributed by atoms with Crippen molar-refractivity contribution in [2.24, 2.45) is 0 Å². The molecule has 0 bridgehead atoms. The third kappa shape index (κ3) is 3.79. The molecule has 0 atom stereocenters. The molecule has 2 aromatic heterocycles. The molecule has 2 fully saturated rings. The fourth-order valence-corrected chi connectivity index (χ4v) is 3.27. The summed E-state index contributed by atoms with van der Waals surface area (Å²) >= 11 is 0. The molecule has 1 saturated carbocycles. The maximum Gasteiger partial charge on any atom is 0.0924 e. The number of aromatic amines is 1. The van der Waals surface area contributed by atoms with Crippen LogP contribution >= 0.6 is 0 Å². The number of pyridine rings is 1. The number of ether oxygens (including phenoxy) is 1. The monoisotopic (exact) mass is 312 g/mol. The number of hydrogen-bond donors (Lipinski definition) is 1. The van der Waals surface area contributed by atoms with Gasteiger partial charge in [-0.1, -0.05) is 0 Å². The first kappa shape index (κ1) is 14.8. The van der Waals surface area contributed by atoms with Gasteiger partial charge in [-0.25, -0.2) is 0 Å². The van der Waals surface area contributed by atoms with Gasteiger partial charge < -0.3 is 9.64 Å². The van der Waals surface area contributed by atoms with Crippen LogP contribution < -0.4 is 0 Å². The van der Waals surface area contributed by atoms with Gasteiger partial charge >= 0.3 is 0 Å². The van der Waals surface area contributed by atoms with E-state index in [0.717, 1.165) is 37.5 Å². The summed E-state index contributed by atoms with van der Waals surface area (Å²) < 4.78 is 5.76. The van der Waals surface area contributed by atoms with Gasteiger partial charge in [-0.15, -0.1) is 0 Å². The van der Waals surface area contributed by atoms with E-state index >= 15 is 0 Å². The second-order valence-corrected chi connectivity index (χ2v) is 6.63. The van der Waals surface area contributed by atoms with E-state index in [9.17, 15) is 0 Å². The van der Waals surface area contributed by atoms with Gasteiger partial charge in [0.1, 0.15) is 0 Å². The van der Waals surface area contributed by atoms with Crippen LogP contribution in [0, 0.1) is 0 Å². The third-order valence-electron chi connectivity index (χ3n) is 4.89. The predicted molar refractivity (Wildman–Crippen MR) is 89.2 cm³/mol. The van der Waals surface area contributed by atoms with Gasteiger partial charge in [0, 0.05) is 36.1 Å². The molecule has 0 amide bonds. The number of likely N-dealkylation sites (tertiary alicyclic amines) is 1. The summed E-state index contributed by atoms with van der Waals surface area (Å²) in [6.45, 7) is 4.28. The molecule has 5 heteroatoms. The smallest absolute Gasteiger partial charge is 0.0924 e. The van der Waals surface area contributed by atoms with Gasteiger partial charge in [0.2, 0.25) is 0 Å². The number of piperidine rings is 1. The third-order valence-corrected chi connectivity index (χ3v) is 4.89. The van der Waals surface area contributed by atoms with Gasteiger partial charge in [-0.3, -0.25) is 10.1 Å². The second kappa shape index (κ2) is 6.81. The molecule has 1 aliphatic heterocycles. The first-order valence-corrected chi connectivity index (χ1v) is 8.68. The van der Waals surface area contributed by atoms with Gasteiger partial charge in [0.15, 0.2) is 0 Å². The number of nitrogens with one attached hydrogen (secondary N) is 1. The molecule has 122 valence electrons. The fourth-order valence-electron chi connectivity index (χ4n) is 3.27. The van der Waals surface area contributed by atoms with Crippen LogP contribution in [0.4, 0.5) is 0 Å². The van der Waals surface area contributed by atoms with Crippen molar-refractivity contribution in [2.75, 3.05) is 26.2 Å². The molecule has 1 N–H and O–H groups in total. The molecule has 2 aromatic rings. The second-order valence-electron chi connectivity index (χ2n) is 6.63. The lowest BCUT2D eigenvalue weighted by atomic mass is 9.93. The molecule has 1 aliphatic carbocycles. The van der Waals surface area contributed by atoms with Crippen molar-refractivity contribution >= 4 is 0 Å². The maximum atomic E-state index is 5.76. The highest BCUT2D eigenvalue weighted by Gasteiger charge is 2.24. The molecule has 1 saturated heterocycles. The summed E-state index contributed by atoms with van der Waals surface area (Å²) in [7, 11) is 0. The first-order chi connectivity index (χ1) is 11.4. The topological polar surface area (TPSA) is 54.0 Å². The van der Waals surface area contributed by atoms with Gasteiger partial charge in [0.05, 0.1) is 18.4 Å². The van der Waals surface area contributed by atoms with Crippen molar-refractivity contribution in [3.8, 4) is 11.3 Å². The average Bonchev–Trinajstić information content (AvgIpc) is 3.30. The number of rotatable bonds is 6. The summed E-state index contributed by atoms with van der Waals surface area (Å²) in [5.74, 6) is 0.596.